The smallest absolute Gasteiger partial charge is 0.214 e. The number of rotatable bonds is 7. The lowest BCUT2D eigenvalue weighted by Crippen LogP contribution is -2.42. The molecular formula is C11H24N2O3S. The van der Waals surface area contributed by atoms with Gasteiger partial charge in [0.2, 0.25) is 10.0 Å². The quantitative estimate of drug-likeness (QED) is 0.676. The Morgan fingerprint density at radius 3 is 2.82 bits per heavy atom. The second-order valence-electron chi connectivity index (χ2n) is 4.63. The van der Waals surface area contributed by atoms with Crippen molar-refractivity contribution in [2.24, 2.45) is 11.7 Å². The summed E-state index contributed by atoms with van der Waals surface area (Å²) >= 11 is 0. The van der Waals surface area contributed by atoms with Crippen LogP contribution in [0.5, 0.6) is 0 Å². The molecule has 0 radical (unpaired) electrons. The number of ether oxygens (including phenoxy) is 1. The lowest BCUT2D eigenvalue weighted by Gasteiger charge is -2.31. The first-order valence-corrected chi connectivity index (χ1v) is 7.88. The van der Waals surface area contributed by atoms with Gasteiger partial charge in [0.15, 0.2) is 0 Å². The predicted molar refractivity (Wildman–Crippen MR) is 68.2 cm³/mol. The third-order valence-corrected chi connectivity index (χ3v) is 5.06. The highest BCUT2D eigenvalue weighted by atomic mass is 32.2. The van der Waals surface area contributed by atoms with Crippen molar-refractivity contribution in [2.45, 2.75) is 25.7 Å². The zero-order valence-corrected chi connectivity index (χ0v) is 11.4. The standard InChI is InChI=1S/C11H24N2O3S/c1-16-10-11-5-4-7-13(9-11)17(14,15)8-3-2-6-12/h11H,2-10,12H2,1H3. The highest BCUT2D eigenvalue weighted by Crippen LogP contribution is 2.20. The minimum Gasteiger partial charge on any atom is -0.384 e. The molecule has 1 fully saturated rings. The largest absolute Gasteiger partial charge is 0.384 e. The number of piperidine rings is 1. The van der Waals surface area contributed by atoms with Gasteiger partial charge in [-0.15, -0.1) is 0 Å². The monoisotopic (exact) mass is 264 g/mol. The molecule has 0 aliphatic carbocycles. The molecule has 5 nitrogen and oxygen atoms in total. The average molecular weight is 264 g/mol. The van der Waals surface area contributed by atoms with Crippen molar-refractivity contribution < 1.29 is 13.2 Å². The van der Waals surface area contributed by atoms with Gasteiger partial charge in [-0.05, 0) is 38.1 Å². The summed E-state index contributed by atoms with van der Waals surface area (Å²) in [6, 6.07) is 0. The molecule has 0 aromatic heterocycles. The molecule has 1 aliphatic rings. The van der Waals surface area contributed by atoms with E-state index in [-0.39, 0.29) is 5.75 Å². The Hall–Kier alpha value is -0.170. The number of methoxy groups -OCH3 is 1. The first-order valence-electron chi connectivity index (χ1n) is 6.27. The molecule has 0 amide bonds. The van der Waals surface area contributed by atoms with Gasteiger partial charge in [0, 0.05) is 20.2 Å². The van der Waals surface area contributed by atoms with Crippen LogP contribution in [0.25, 0.3) is 0 Å². The Morgan fingerprint density at radius 2 is 2.18 bits per heavy atom. The van der Waals surface area contributed by atoms with Crippen LogP contribution >= 0.6 is 0 Å². The molecule has 1 unspecified atom stereocenters. The first kappa shape index (κ1) is 14.9. The van der Waals surface area contributed by atoms with Crippen molar-refractivity contribution in [3.05, 3.63) is 0 Å². The molecular weight excluding hydrogens is 240 g/mol. The van der Waals surface area contributed by atoms with Crippen LogP contribution in [0.4, 0.5) is 0 Å². The van der Waals surface area contributed by atoms with E-state index in [1.807, 2.05) is 0 Å². The fourth-order valence-electron chi connectivity index (χ4n) is 2.21. The van der Waals surface area contributed by atoms with Gasteiger partial charge < -0.3 is 10.5 Å². The number of nitrogens with zero attached hydrogens (tertiary/aromatic N) is 1. The van der Waals surface area contributed by atoms with Gasteiger partial charge in [-0.3, -0.25) is 0 Å². The third-order valence-electron chi connectivity index (χ3n) is 3.13. The van der Waals surface area contributed by atoms with E-state index >= 15 is 0 Å². The van der Waals surface area contributed by atoms with Gasteiger partial charge in [0.1, 0.15) is 0 Å². The summed E-state index contributed by atoms with van der Waals surface area (Å²) in [5.41, 5.74) is 5.37. The van der Waals surface area contributed by atoms with Crippen molar-refractivity contribution in [1.82, 2.24) is 4.31 Å². The van der Waals surface area contributed by atoms with Gasteiger partial charge in [-0.2, -0.15) is 0 Å². The van der Waals surface area contributed by atoms with Gasteiger partial charge in [-0.25, -0.2) is 12.7 Å². The SMILES string of the molecule is COCC1CCCN(S(=O)(=O)CCCCN)C1. The van der Waals surface area contributed by atoms with E-state index in [0.29, 0.717) is 38.6 Å². The maximum Gasteiger partial charge on any atom is 0.214 e. The van der Waals surface area contributed by atoms with Crippen LogP contribution in [0.15, 0.2) is 0 Å². The molecule has 0 spiro atoms. The van der Waals surface area contributed by atoms with Crippen LogP contribution in [0.3, 0.4) is 0 Å². The lowest BCUT2D eigenvalue weighted by molar-refractivity contribution is 0.118. The van der Waals surface area contributed by atoms with Crippen LogP contribution in [0.1, 0.15) is 25.7 Å². The summed E-state index contributed by atoms with van der Waals surface area (Å²) < 4.78 is 30.8. The Morgan fingerprint density at radius 1 is 1.41 bits per heavy atom. The van der Waals surface area contributed by atoms with E-state index < -0.39 is 10.0 Å². The molecule has 1 aliphatic heterocycles. The highest BCUT2D eigenvalue weighted by molar-refractivity contribution is 7.89. The fraction of sp³-hybridized carbons (Fsp3) is 1.00. The van der Waals surface area contributed by atoms with Crippen molar-refractivity contribution in [3.8, 4) is 0 Å². The molecule has 1 rings (SSSR count). The Kier molecular flexibility index (Phi) is 6.40. The zero-order valence-electron chi connectivity index (χ0n) is 10.6. The van der Waals surface area contributed by atoms with Gasteiger partial charge in [0.25, 0.3) is 0 Å². The summed E-state index contributed by atoms with van der Waals surface area (Å²) in [5, 5.41) is 0. The molecule has 0 bridgehead atoms. The van der Waals surface area contributed by atoms with Gasteiger partial charge in [0.05, 0.1) is 12.4 Å². The summed E-state index contributed by atoms with van der Waals surface area (Å²) in [6.07, 6.45) is 3.42. The van der Waals surface area contributed by atoms with Gasteiger partial charge in [-0.1, -0.05) is 0 Å². The number of hydrogen-bond acceptors (Lipinski definition) is 4. The third kappa shape index (κ3) is 4.91. The summed E-state index contributed by atoms with van der Waals surface area (Å²) in [5.74, 6) is 0.571. The molecule has 0 saturated carbocycles. The molecule has 1 saturated heterocycles. The Labute approximate surface area is 104 Å². The van der Waals surface area contributed by atoms with E-state index in [0.717, 1.165) is 19.3 Å². The second kappa shape index (κ2) is 7.31. The Balaban J connectivity index is 2.46. The second-order valence-corrected chi connectivity index (χ2v) is 6.72. The van der Waals surface area contributed by atoms with E-state index in [1.54, 1.807) is 11.4 Å². The van der Waals surface area contributed by atoms with Crippen molar-refractivity contribution in [1.29, 1.82) is 0 Å². The van der Waals surface area contributed by atoms with Crippen LogP contribution in [0.2, 0.25) is 0 Å². The molecule has 0 aromatic rings. The topological polar surface area (TPSA) is 72.6 Å². The van der Waals surface area contributed by atoms with E-state index in [4.69, 9.17) is 10.5 Å². The number of nitrogens with two attached hydrogens (primary N) is 1. The maximum atomic E-state index is 12.1. The first-order chi connectivity index (χ1) is 8.10. The summed E-state index contributed by atoms with van der Waals surface area (Å²) in [7, 11) is -1.42. The number of unbranched alkanes of at least 4 members (excludes halogenated alkanes) is 1. The molecule has 2 N–H and O–H groups in total. The maximum absolute atomic E-state index is 12.1. The van der Waals surface area contributed by atoms with Crippen molar-refractivity contribution in [2.75, 3.05) is 39.1 Å². The van der Waals surface area contributed by atoms with Crippen LogP contribution in [0, 0.1) is 5.92 Å². The van der Waals surface area contributed by atoms with Crippen LogP contribution < -0.4 is 5.73 Å². The lowest BCUT2D eigenvalue weighted by atomic mass is 10.0. The van der Waals surface area contributed by atoms with Crippen molar-refractivity contribution >= 4 is 10.0 Å². The number of hydrogen-bond donors (Lipinski definition) is 1. The van der Waals surface area contributed by atoms with E-state index in [2.05, 4.69) is 0 Å². The molecule has 102 valence electrons. The van der Waals surface area contributed by atoms with Crippen molar-refractivity contribution in [3.63, 3.8) is 0 Å². The fourth-order valence-corrected chi connectivity index (χ4v) is 3.88. The predicted octanol–water partition coefficient (Wildman–Crippen LogP) is 0.414. The average Bonchev–Trinajstić information content (AvgIpc) is 2.30. The summed E-state index contributed by atoms with van der Waals surface area (Å²) in [4.78, 5) is 0. The van der Waals surface area contributed by atoms with Crippen LogP contribution in [-0.4, -0.2) is 51.8 Å². The van der Waals surface area contributed by atoms with Crippen LogP contribution in [-0.2, 0) is 14.8 Å². The van der Waals surface area contributed by atoms with E-state index in [1.165, 1.54) is 0 Å². The zero-order chi connectivity index (χ0) is 12.7. The highest BCUT2D eigenvalue weighted by Gasteiger charge is 2.28. The van der Waals surface area contributed by atoms with E-state index in [9.17, 15) is 8.42 Å². The molecule has 0 aromatic carbocycles. The molecule has 1 heterocycles. The minimum atomic E-state index is -3.08. The normalized spacial score (nSPS) is 22.8. The summed E-state index contributed by atoms with van der Waals surface area (Å²) in [6.45, 7) is 2.47. The molecule has 6 heteroatoms. The molecule has 17 heavy (non-hydrogen) atoms. The Bertz CT molecular complexity index is 304. The molecule has 1 atom stereocenters. The van der Waals surface area contributed by atoms with Gasteiger partial charge >= 0.3 is 0 Å². The number of sulfonamides is 1. The minimum absolute atomic E-state index is 0.226.